The Balaban J connectivity index is 2.81. The van der Waals surface area contributed by atoms with E-state index in [4.69, 9.17) is 4.74 Å². The molecule has 1 N–H and O–H groups in total. The average molecular weight is 264 g/mol. The molecule has 1 aromatic carbocycles. The Morgan fingerprint density at radius 1 is 1.21 bits per heavy atom. The molecule has 0 saturated heterocycles. The number of aliphatic hydroxyl groups is 1. The van der Waals surface area contributed by atoms with E-state index in [9.17, 15) is 14.7 Å². The highest BCUT2D eigenvalue weighted by molar-refractivity contribution is 6.16. The molecule has 19 heavy (non-hydrogen) atoms. The van der Waals surface area contributed by atoms with Gasteiger partial charge in [-0.05, 0) is 26.0 Å². The molecule has 1 aromatic rings. The van der Waals surface area contributed by atoms with Crippen LogP contribution in [-0.4, -0.2) is 30.6 Å². The summed E-state index contributed by atoms with van der Waals surface area (Å²) in [5, 5.41) is 9.73. The molecule has 0 aliphatic carbocycles. The molecule has 0 atom stereocenters. The van der Waals surface area contributed by atoms with E-state index in [2.05, 4.69) is 4.74 Å². The Labute approximate surface area is 111 Å². The second-order valence-corrected chi connectivity index (χ2v) is 3.97. The van der Waals surface area contributed by atoms with E-state index in [0.29, 0.717) is 5.75 Å². The van der Waals surface area contributed by atoms with Crippen LogP contribution in [0.3, 0.4) is 0 Å². The Morgan fingerprint density at radius 2 is 1.79 bits per heavy atom. The Bertz CT molecular complexity index is 499. The third-order valence-electron chi connectivity index (χ3n) is 2.43. The van der Waals surface area contributed by atoms with Crippen molar-refractivity contribution < 1.29 is 24.2 Å². The number of esters is 1. The van der Waals surface area contributed by atoms with E-state index >= 15 is 0 Å². The van der Waals surface area contributed by atoms with E-state index in [0.717, 1.165) is 12.7 Å². The molecule has 0 heterocycles. The molecule has 0 fully saturated rings. The summed E-state index contributed by atoms with van der Waals surface area (Å²) < 4.78 is 9.71. The van der Waals surface area contributed by atoms with Gasteiger partial charge in [0.15, 0.2) is 5.78 Å². The summed E-state index contributed by atoms with van der Waals surface area (Å²) in [6, 6.07) is 7.16. The fourth-order valence-corrected chi connectivity index (χ4v) is 1.43. The highest BCUT2D eigenvalue weighted by Crippen LogP contribution is 2.13. The van der Waals surface area contributed by atoms with Crippen LogP contribution < -0.4 is 4.74 Å². The minimum absolute atomic E-state index is 0.271. The van der Waals surface area contributed by atoms with Crippen LogP contribution in [-0.2, 0) is 14.3 Å². The van der Waals surface area contributed by atoms with Gasteiger partial charge in [0.05, 0.1) is 7.11 Å². The number of benzene rings is 1. The predicted molar refractivity (Wildman–Crippen MR) is 69.0 cm³/mol. The molecule has 5 nitrogen and oxygen atoms in total. The van der Waals surface area contributed by atoms with Gasteiger partial charge < -0.3 is 14.6 Å². The maximum atomic E-state index is 11.3. The lowest BCUT2D eigenvalue weighted by atomic mass is 10.1. The van der Waals surface area contributed by atoms with Crippen molar-refractivity contribution in [1.29, 1.82) is 0 Å². The van der Waals surface area contributed by atoms with E-state index < -0.39 is 23.1 Å². The summed E-state index contributed by atoms with van der Waals surface area (Å²) in [5.74, 6) is -1.36. The molecule has 0 aliphatic heterocycles. The number of rotatable bonds is 5. The molecule has 102 valence electrons. The highest BCUT2D eigenvalue weighted by atomic mass is 16.5. The molecular weight excluding hydrogens is 248 g/mol. The van der Waals surface area contributed by atoms with Gasteiger partial charge in [0.1, 0.15) is 23.7 Å². The first-order chi connectivity index (χ1) is 8.95. The van der Waals surface area contributed by atoms with Gasteiger partial charge in [-0.2, -0.15) is 0 Å². The number of ether oxygens (including phenoxy) is 2. The van der Waals surface area contributed by atoms with Crippen LogP contribution in [0.5, 0.6) is 5.75 Å². The van der Waals surface area contributed by atoms with Crippen molar-refractivity contribution in [3.05, 3.63) is 41.2 Å². The summed E-state index contributed by atoms with van der Waals surface area (Å²) in [5.41, 5.74) is 0.681. The van der Waals surface area contributed by atoms with Crippen molar-refractivity contribution in [2.45, 2.75) is 13.8 Å². The molecule has 0 aliphatic rings. The molecule has 0 unspecified atom stereocenters. The van der Waals surface area contributed by atoms with Crippen LogP contribution in [0.15, 0.2) is 35.6 Å². The number of carbonyl (C=O) groups excluding carboxylic acids is 2. The fraction of sp³-hybridized carbons (Fsp3) is 0.286. The van der Waals surface area contributed by atoms with Gasteiger partial charge in [0, 0.05) is 0 Å². The van der Waals surface area contributed by atoms with E-state index in [-0.39, 0.29) is 6.61 Å². The van der Waals surface area contributed by atoms with Gasteiger partial charge in [-0.3, -0.25) is 4.79 Å². The Kier molecular flexibility index (Phi) is 5.11. The summed E-state index contributed by atoms with van der Waals surface area (Å²) in [4.78, 5) is 22.6. The van der Waals surface area contributed by atoms with E-state index in [1.54, 1.807) is 12.1 Å². The van der Waals surface area contributed by atoms with Gasteiger partial charge in [0.25, 0.3) is 0 Å². The first-order valence-electron chi connectivity index (χ1n) is 5.66. The zero-order chi connectivity index (χ0) is 14.4. The predicted octanol–water partition coefficient (Wildman–Crippen LogP) is 1.95. The summed E-state index contributed by atoms with van der Waals surface area (Å²) in [6.45, 7) is 2.84. The van der Waals surface area contributed by atoms with Crippen molar-refractivity contribution >= 4 is 11.8 Å². The van der Waals surface area contributed by atoms with Crippen molar-refractivity contribution in [2.75, 3.05) is 13.7 Å². The third-order valence-corrected chi connectivity index (χ3v) is 2.43. The van der Waals surface area contributed by atoms with E-state index in [1.165, 1.54) is 6.92 Å². The zero-order valence-electron chi connectivity index (χ0n) is 11.1. The number of hydrogen-bond donors (Lipinski definition) is 1. The number of Topliss-reactive ketones (excluding diaryl/α,β-unsaturated/α-hetero) is 1. The van der Waals surface area contributed by atoms with Gasteiger partial charge in [-0.15, -0.1) is 0 Å². The molecule has 0 spiro atoms. The second-order valence-electron chi connectivity index (χ2n) is 3.97. The van der Waals surface area contributed by atoms with Crippen LogP contribution in [0, 0.1) is 6.92 Å². The Hall–Kier alpha value is -2.30. The number of aliphatic hydroxyl groups excluding tert-OH is 1. The SMILES string of the molecule is COC(=O)C(C(C)=O)=C(O)COc1ccc(C)cc1. The van der Waals surface area contributed by atoms with Gasteiger partial charge >= 0.3 is 5.97 Å². The smallest absolute Gasteiger partial charge is 0.345 e. The van der Waals surface area contributed by atoms with Gasteiger partial charge in [-0.25, -0.2) is 4.79 Å². The van der Waals surface area contributed by atoms with Crippen LogP contribution in [0.25, 0.3) is 0 Å². The van der Waals surface area contributed by atoms with Crippen LogP contribution in [0.1, 0.15) is 12.5 Å². The lowest BCUT2D eigenvalue weighted by Gasteiger charge is -2.08. The lowest BCUT2D eigenvalue weighted by Crippen LogP contribution is -2.17. The molecule has 0 saturated carbocycles. The number of ketones is 1. The molecule has 0 bridgehead atoms. The Morgan fingerprint density at radius 3 is 2.26 bits per heavy atom. The van der Waals surface area contributed by atoms with Crippen LogP contribution >= 0.6 is 0 Å². The van der Waals surface area contributed by atoms with Crippen LogP contribution in [0.4, 0.5) is 0 Å². The molecule has 5 heteroatoms. The molecule has 0 radical (unpaired) electrons. The van der Waals surface area contributed by atoms with Crippen molar-refractivity contribution in [3.63, 3.8) is 0 Å². The van der Waals surface area contributed by atoms with Crippen molar-refractivity contribution in [3.8, 4) is 5.75 Å². The summed E-state index contributed by atoms with van der Waals surface area (Å²) in [7, 11) is 1.14. The maximum absolute atomic E-state index is 11.3. The first-order valence-corrected chi connectivity index (χ1v) is 5.66. The quantitative estimate of drug-likeness (QED) is 0.289. The largest absolute Gasteiger partial charge is 0.508 e. The van der Waals surface area contributed by atoms with Crippen LogP contribution in [0.2, 0.25) is 0 Å². The van der Waals surface area contributed by atoms with Gasteiger partial charge in [-0.1, -0.05) is 17.7 Å². The maximum Gasteiger partial charge on any atom is 0.345 e. The molecular formula is C14H16O5. The third kappa shape index (κ3) is 4.13. The number of carbonyl (C=O) groups is 2. The number of aryl methyl sites for hydroxylation is 1. The monoisotopic (exact) mass is 264 g/mol. The van der Waals surface area contributed by atoms with Crippen molar-refractivity contribution in [1.82, 2.24) is 0 Å². The average Bonchev–Trinajstić information content (AvgIpc) is 2.37. The minimum atomic E-state index is -0.877. The number of hydrogen-bond acceptors (Lipinski definition) is 5. The highest BCUT2D eigenvalue weighted by Gasteiger charge is 2.20. The first kappa shape index (κ1) is 14.8. The zero-order valence-corrected chi connectivity index (χ0v) is 11.1. The molecule has 0 aromatic heterocycles. The summed E-state index contributed by atoms with van der Waals surface area (Å²) >= 11 is 0. The minimum Gasteiger partial charge on any atom is -0.508 e. The topological polar surface area (TPSA) is 72.8 Å². The van der Waals surface area contributed by atoms with Gasteiger partial charge in [0.2, 0.25) is 0 Å². The standard InChI is InChI=1S/C14H16O5/c1-9-4-6-11(7-5-9)19-8-12(16)13(10(2)15)14(17)18-3/h4-7,16H,8H2,1-3H3. The fourth-order valence-electron chi connectivity index (χ4n) is 1.43. The van der Waals surface area contributed by atoms with E-state index in [1.807, 2.05) is 19.1 Å². The normalized spacial score (nSPS) is 11.5. The molecule has 0 amide bonds. The molecule has 1 rings (SSSR count). The second kappa shape index (κ2) is 6.58. The number of methoxy groups -OCH3 is 1. The summed E-state index contributed by atoms with van der Waals surface area (Å²) in [6.07, 6.45) is 0. The lowest BCUT2D eigenvalue weighted by molar-refractivity contribution is -0.137. The van der Waals surface area contributed by atoms with Crippen molar-refractivity contribution in [2.24, 2.45) is 0 Å².